The molecule has 1 aromatic carbocycles. The highest BCUT2D eigenvalue weighted by molar-refractivity contribution is 8.01. The van der Waals surface area contributed by atoms with Crippen LogP contribution in [-0.4, -0.2) is 11.5 Å². The molecule has 0 saturated carbocycles. The van der Waals surface area contributed by atoms with Crippen LogP contribution in [-0.2, 0) is 0 Å². The second-order valence-corrected chi connectivity index (χ2v) is 5.90. The van der Waals surface area contributed by atoms with Crippen molar-refractivity contribution in [2.75, 3.05) is 6.54 Å². The summed E-state index contributed by atoms with van der Waals surface area (Å²) in [6.45, 7) is 5.31. The molecule has 1 N–H and O–H groups in total. The molecule has 0 amide bonds. The average Bonchev–Trinajstić information content (AvgIpc) is 2.83. The zero-order valence-corrected chi connectivity index (χ0v) is 11.6. The first-order valence-electron chi connectivity index (χ1n) is 5.71. The fourth-order valence-corrected chi connectivity index (χ4v) is 3.50. The number of nitrogens with one attached hydrogen (secondary N) is 1. The van der Waals surface area contributed by atoms with Crippen molar-refractivity contribution in [2.24, 2.45) is 0 Å². The number of benzene rings is 1. The molecule has 2 rings (SSSR count). The van der Waals surface area contributed by atoms with Crippen molar-refractivity contribution >= 4 is 23.1 Å². The Morgan fingerprint density at radius 2 is 2.24 bits per heavy atom. The molecule has 0 aliphatic heterocycles. The minimum Gasteiger partial charge on any atom is -0.310 e. The summed E-state index contributed by atoms with van der Waals surface area (Å²) in [5.41, 5.74) is 1.34. The van der Waals surface area contributed by atoms with Gasteiger partial charge in [-0.3, -0.25) is 0 Å². The first kappa shape index (κ1) is 12.6. The lowest BCUT2D eigenvalue weighted by atomic mass is 10.1. The molecule has 1 atom stereocenters. The van der Waals surface area contributed by atoms with Crippen molar-refractivity contribution in [1.82, 2.24) is 10.3 Å². The van der Waals surface area contributed by atoms with Crippen LogP contribution in [0.25, 0.3) is 0 Å². The molecule has 1 heterocycles. The molecule has 0 aliphatic carbocycles. The summed E-state index contributed by atoms with van der Waals surface area (Å²) in [7, 11) is 0. The quantitative estimate of drug-likeness (QED) is 0.884. The van der Waals surface area contributed by atoms with E-state index in [1.165, 1.54) is 10.5 Å². The Balaban J connectivity index is 2.21. The molecule has 0 bridgehead atoms. The lowest BCUT2D eigenvalue weighted by Gasteiger charge is -2.16. The number of thiazole rings is 1. The van der Waals surface area contributed by atoms with E-state index in [4.69, 9.17) is 0 Å². The molecule has 2 aromatic rings. The summed E-state index contributed by atoms with van der Waals surface area (Å²) in [5, 5.41) is 5.46. The third-order valence-corrected chi connectivity index (χ3v) is 4.48. The van der Waals surface area contributed by atoms with E-state index in [0.29, 0.717) is 6.04 Å². The van der Waals surface area contributed by atoms with Crippen LogP contribution >= 0.6 is 23.1 Å². The minimum atomic E-state index is 0.378. The maximum absolute atomic E-state index is 4.32. The number of hydrogen-bond acceptors (Lipinski definition) is 4. The van der Waals surface area contributed by atoms with Gasteiger partial charge in [-0.2, -0.15) is 0 Å². The highest BCUT2D eigenvalue weighted by Gasteiger charge is 2.10. The molecular formula is C13H16N2S2. The van der Waals surface area contributed by atoms with E-state index < -0.39 is 0 Å². The SMILES string of the molecule is CCNC(C)c1ccccc1Sc1nccs1. The molecule has 0 spiro atoms. The monoisotopic (exact) mass is 264 g/mol. The zero-order valence-electron chi connectivity index (χ0n) is 10.0. The van der Waals surface area contributed by atoms with Gasteiger partial charge in [0.25, 0.3) is 0 Å². The summed E-state index contributed by atoms with van der Waals surface area (Å²) in [6, 6.07) is 8.90. The molecule has 2 nitrogen and oxygen atoms in total. The molecule has 4 heteroatoms. The van der Waals surface area contributed by atoms with Gasteiger partial charge in [-0.15, -0.1) is 11.3 Å². The maximum atomic E-state index is 4.32. The second kappa shape index (κ2) is 6.19. The van der Waals surface area contributed by atoms with Gasteiger partial charge in [0.05, 0.1) is 0 Å². The highest BCUT2D eigenvalue weighted by Crippen LogP contribution is 2.34. The van der Waals surface area contributed by atoms with Crippen LogP contribution in [0.5, 0.6) is 0 Å². The minimum absolute atomic E-state index is 0.378. The summed E-state index contributed by atoms with van der Waals surface area (Å²) in [4.78, 5) is 5.61. The lowest BCUT2D eigenvalue weighted by molar-refractivity contribution is 0.590. The van der Waals surface area contributed by atoms with Crippen LogP contribution < -0.4 is 5.32 Å². The summed E-state index contributed by atoms with van der Waals surface area (Å²) in [5.74, 6) is 0. The van der Waals surface area contributed by atoms with Gasteiger partial charge in [-0.05, 0) is 25.1 Å². The Bertz CT molecular complexity index is 454. The van der Waals surface area contributed by atoms with Crippen molar-refractivity contribution in [3.8, 4) is 0 Å². The molecule has 1 aromatic heterocycles. The third-order valence-electron chi connectivity index (χ3n) is 2.50. The van der Waals surface area contributed by atoms with Crippen LogP contribution in [0.3, 0.4) is 0 Å². The third kappa shape index (κ3) is 3.31. The predicted octanol–water partition coefficient (Wildman–Crippen LogP) is 3.96. The smallest absolute Gasteiger partial charge is 0.154 e. The van der Waals surface area contributed by atoms with Crippen LogP contribution in [0, 0.1) is 0 Å². The van der Waals surface area contributed by atoms with Crippen LogP contribution in [0.2, 0.25) is 0 Å². The van der Waals surface area contributed by atoms with E-state index in [0.717, 1.165) is 10.9 Å². The van der Waals surface area contributed by atoms with Crippen molar-refractivity contribution in [2.45, 2.75) is 29.1 Å². The molecule has 90 valence electrons. The average molecular weight is 264 g/mol. The normalized spacial score (nSPS) is 12.6. The molecule has 0 saturated heterocycles. The van der Waals surface area contributed by atoms with E-state index in [1.54, 1.807) is 23.1 Å². The van der Waals surface area contributed by atoms with E-state index in [-0.39, 0.29) is 0 Å². The Hall–Kier alpha value is -0.840. The van der Waals surface area contributed by atoms with Crippen molar-refractivity contribution in [3.05, 3.63) is 41.4 Å². The van der Waals surface area contributed by atoms with Crippen LogP contribution in [0.15, 0.2) is 45.1 Å². The van der Waals surface area contributed by atoms with E-state index in [2.05, 4.69) is 48.4 Å². The van der Waals surface area contributed by atoms with Gasteiger partial charge in [0.1, 0.15) is 0 Å². The van der Waals surface area contributed by atoms with E-state index >= 15 is 0 Å². The van der Waals surface area contributed by atoms with E-state index in [9.17, 15) is 0 Å². The Morgan fingerprint density at radius 1 is 1.41 bits per heavy atom. The van der Waals surface area contributed by atoms with Crippen LogP contribution in [0.1, 0.15) is 25.5 Å². The predicted molar refractivity (Wildman–Crippen MR) is 74.8 cm³/mol. The Kier molecular flexibility index (Phi) is 4.59. The van der Waals surface area contributed by atoms with Gasteiger partial charge in [-0.25, -0.2) is 4.98 Å². The van der Waals surface area contributed by atoms with Crippen molar-refractivity contribution < 1.29 is 0 Å². The first-order chi connectivity index (χ1) is 8.31. The zero-order chi connectivity index (χ0) is 12.1. The summed E-state index contributed by atoms with van der Waals surface area (Å²) in [6.07, 6.45) is 1.85. The van der Waals surface area contributed by atoms with Gasteiger partial charge in [0, 0.05) is 22.5 Å². The Labute approximate surface area is 110 Å². The fraction of sp³-hybridized carbons (Fsp3) is 0.308. The second-order valence-electron chi connectivity index (χ2n) is 3.72. The van der Waals surface area contributed by atoms with Gasteiger partial charge < -0.3 is 5.32 Å². The molecule has 0 fully saturated rings. The molecule has 0 radical (unpaired) electrons. The molecule has 17 heavy (non-hydrogen) atoms. The number of aromatic nitrogens is 1. The summed E-state index contributed by atoms with van der Waals surface area (Å²) < 4.78 is 1.10. The van der Waals surface area contributed by atoms with Crippen molar-refractivity contribution in [3.63, 3.8) is 0 Å². The highest BCUT2D eigenvalue weighted by atomic mass is 32.2. The topological polar surface area (TPSA) is 24.9 Å². The van der Waals surface area contributed by atoms with Gasteiger partial charge in [0.2, 0.25) is 0 Å². The van der Waals surface area contributed by atoms with Gasteiger partial charge in [0.15, 0.2) is 4.34 Å². The summed E-state index contributed by atoms with van der Waals surface area (Å²) >= 11 is 3.43. The van der Waals surface area contributed by atoms with E-state index in [1.807, 2.05) is 11.6 Å². The largest absolute Gasteiger partial charge is 0.310 e. The molecule has 0 aliphatic rings. The Morgan fingerprint density at radius 3 is 2.94 bits per heavy atom. The standard InChI is InChI=1S/C13H16N2S2/c1-3-14-10(2)11-6-4-5-7-12(11)17-13-15-8-9-16-13/h4-10,14H,3H2,1-2H3. The number of rotatable bonds is 5. The molecular weight excluding hydrogens is 248 g/mol. The van der Waals surface area contributed by atoms with Gasteiger partial charge >= 0.3 is 0 Å². The number of nitrogens with zero attached hydrogens (tertiary/aromatic N) is 1. The first-order valence-corrected chi connectivity index (χ1v) is 7.40. The number of hydrogen-bond donors (Lipinski definition) is 1. The molecule has 1 unspecified atom stereocenters. The maximum Gasteiger partial charge on any atom is 0.154 e. The lowest BCUT2D eigenvalue weighted by Crippen LogP contribution is -2.18. The van der Waals surface area contributed by atoms with Crippen molar-refractivity contribution in [1.29, 1.82) is 0 Å². The fourth-order valence-electron chi connectivity index (χ4n) is 1.70. The van der Waals surface area contributed by atoms with Gasteiger partial charge in [-0.1, -0.05) is 36.9 Å². The van der Waals surface area contributed by atoms with Crippen LogP contribution in [0.4, 0.5) is 0 Å².